The van der Waals surface area contributed by atoms with Gasteiger partial charge in [-0.05, 0) is 33.0 Å². The number of amides is 1. The van der Waals surface area contributed by atoms with E-state index < -0.39 is 0 Å². The smallest absolute Gasteiger partial charge is 0.257 e. The van der Waals surface area contributed by atoms with Crippen LogP contribution in [-0.4, -0.2) is 53.2 Å². The second-order valence-corrected chi connectivity index (χ2v) is 6.50. The number of aryl methyl sites for hydroxylation is 2. The molecule has 0 saturated heterocycles. The molecule has 2 rings (SSSR count). The number of carbonyl (C=O) groups is 1. The first-order valence-electron chi connectivity index (χ1n) is 8.45. The maximum absolute atomic E-state index is 13.0. The summed E-state index contributed by atoms with van der Waals surface area (Å²) in [4.78, 5) is 17.0. The summed E-state index contributed by atoms with van der Waals surface area (Å²) >= 11 is 0. The van der Waals surface area contributed by atoms with E-state index in [1.54, 1.807) is 0 Å². The lowest BCUT2D eigenvalue weighted by Crippen LogP contribution is -2.37. The van der Waals surface area contributed by atoms with Gasteiger partial charge in [0.1, 0.15) is 0 Å². The van der Waals surface area contributed by atoms with Crippen LogP contribution < -0.4 is 0 Å². The molecule has 0 aliphatic heterocycles. The zero-order chi connectivity index (χ0) is 17.7. The molecule has 1 aromatic heterocycles. The molecule has 0 N–H and O–H groups in total. The van der Waals surface area contributed by atoms with Gasteiger partial charge in [-0.2, -0.15) is 5.10 Å². The van der Waals surface area contributed by atoms with Crippen LogP contribution in [0.5, 0.6) is 0 Å². The zero-order valence-electron chi connectivity index (χ0n) is 15.4. The van der Waals surface area contributed by atoms with Crippen molar-refractivity contribution >= 4 is 5.91 Å². The summed E-state index contributed by atoms with van der Waals surface area (Å²) in [6.45, 7) is 5.61. The molecule has 0 saturated carbocycles. The van der Waals surface area contributed by atoms with Gasteiger partial charge in [0.2, 0.25) is 0 Å². The number of aromatic nitrogens is 2. The van der Waals surface area contributed by atoms with Gasteiger partial charge in [0.05, 0.1) is 17.3 Å². The fourth-order valence-electron chi connectivity index (χ4n) is 2.88. The fourth-order valence-corrected chi connectivity index (χ4v) is 2.88. The van der Waals surface area contributed by atoms with Crippen molar-refractivity contribution in [2.75, 3.05) is 27.7 Å². The van der Waals surface area contributed by atoms with E-state index in [0.29, 0.717) is 5.56 Å². The molecule has 130 valence electrons. The second-order valence-electron chi connectivity index (χ2n) is 6.50. The molecule has 5 nitrogen and oxygen atoms in total. The van der Waals surface area contributed by atoms with Crippen LogP contribution in [0.2, 0.25) is 0 Å². The summed E-state index contributed by atoms with van der Waals surface area (Å²) in [5, 5.41) is 4.46. The standard InChI is InChI=1S/C19H28N4O/c1-6-12-23-13-17(15(2)20-23)19(24)22(5)18(14-21(3)4)16-10-8-7-9-11-16/h7-11,13,18H,6,12,14H2,1-5H3/t18-/m0/s1. The topological polar surface area (TPSA) is 41.4 Å². The van der Waals surface area contributed by atoms with Crippen molar-refractivity contribution in [2.24, 2.45) is 0 Å². The highest BCUT2D eigenvalue weighted by molar-refractivity contribution is 5.95. The van der Waals surface area contributed by atoms with Gasteiger partial charge < -0.3 is 9.80 Å². The van der Waals surface area contributed by atoms with Crippen LogP contribution >= 0.6 is 0 Å². The van der Waals surface area contributed by atoms with Crippen molar-refractivity contribution in [3.8, 4) is 0 Å². The summed E-state index contributed by atoms with van der Waals surface area (Å²) in [7, 11) is 5.93. The Hall–Kier alpha value is -2.14. The van der Waals surface area contributed by atoms with Gasteiger partial charge in [-0.3, -0.25) is 9.48 Å². The molecule has 1 aromatic carbocycles. The van der Waals surface area contributed by atoms with E-state index in [2.05, 4.69) is 29.1 Å². The average Bonchev–Trinajstić information content (AvgIpc) is 2.93. The first-order valence-corrected chi connectivity index (χ1v) is 8.45. The molecule has 1 heterocycles. The Labute approximate surface area is 144 Å². The monoisotopic (exact) mass is 328 g/mol. The first kappa shape index (κ1) is 18.2. The maximum atomic E-state index is 13.0. The summed E-state index contributed by atoms with van der Waals surface area (Å²) in [5.41, 5.74) is 2.61. The number of rotatable bonds is 7. The molecule has 0 aliphatic rings. The van der Waals surface area contributed by atoms with Gasteiger partial charge in [-0.25, -0.2) is 0 Å². The molecular formula is C19H28N4O. The number of nitrogens with zero attached hydrogens (tertiary/aromatic N) is 4. The summed E-state index contributed by atoms with van der Waals surface area (Å²) in [5.74, 6) is 0.0190. The number of benzene rings is 1. The number of carbonyl (C=O) groups excluding carboxylic acids is 1. The third-order valence-corrected chi connectivity index (χ3v) is 4.14. The largest absolute Gasteiger partial charge is 0.333 e. The van der Waals surface area contributed by atoms with Crippen molar-refractivity contribution in [3.05, 3.63) is 53.3 Å². The van der Waals surface area contributed by atoms with Crippen LogP contribution in [0.15, 0.2) is 36.5 Å². The van der Waals surface area contributed by atoms with Crippen LogP contribution in [0, 0.1) is 6.92 Å². The minimum absolute atomic E-state index is 0.00243. The number of hydrogen-bond acceptors (Lipinski definition) is 3. The predicted octanol–water partition coefficient (Wildman–Crippen LogP) is 2.98. The molecule has 5 heteroatoms. The third kappa shape index (κ3) is 4.23. The molecule has 0 radical (unpaired) electrons. The minimum atomic E-state index is 0.00243. The van der Waals surface area contributed by atoms with Crippen LogP contribution in [0.25, 0.3) is 0 Å². The maximum Gasteiger partial charge on any atom is 0.257 e. The van der Waals surface area contributed by atoms with E-state index >= 15 is 0 Å². The number of hydrogen-bond donors (Lipinski definition) is 0. The van der Waals surface area contributed by atoms with E-state index in [1.807, 2.05) is 62.0 Å². The lowest BCUT2D eigenvalue weighted by atomic mass is 10.0. The summed E-state index contributed by atoms with van der Waals surface area (Å²) < 4.78 is 1.86. The Morgan fingerprint density at radius 3 is 2.46 bits per heavy atom. The molecule has 1 amide bonds. The Morgan fingerprint density at radius 2 is 1.88 bits per heavy atom. The van der Waals surface area contributed by atoms with Gasteiger partial charge in [0.25, 0.3) is 5.91 Å². The fraction of sp³-hybridized carbons (Fsp3) is 0.474. The lowest BCUT2D eigenvalue weighted by Gasteiger charge is -2.31. The van der Waals surface area contributed by atoms with Crippen molar-refractivity contribution in [1.29, 1.82) is 0 Å². The van der Waals surface area contributed by atoms with Crippen molar-refractivity contribution in [1.82, 2.24) is 19.6 Å². The molecule has 1 atom stereocenters. The molecule has 0 spiro atoms. The average molecular weight is 328 g/mol. The predicted molar refractivity (Wildman–Crippen MR) is 97.1 cm³/mol. The molecule has 0 unspecified atom stereocenters. The number of likely N-dealkylation sites (N-methyl/N-ethyl adjacent to an activating group) is 2. The zero-order valence-corrected chi connectivity index (χ0v) is 15.4. The van der Waals surface area contributed by atoms with Gasteiger partial charge >= 0.3 is 0 Å². The van der Waals surface area contributed by atoms with Gasteiger partial charge in [0.15, 0.2) is 0 Å². The molecule has 24 heavy (non-hydrogen) atoms. The Balaban J connectivity index is 2.28. The van der Waals surface area contributed by atoms with Gasteiger partial charge in [0, 0.05) is 26.3 Å². The third-order valence-electron chi connectivity index (χ3n) is 4.14. The quantitative estimate of drug-likeness (QED) is 0.784. The normalized spacial score (nSPS) is 12.4. The van der Waals surface area contributed by atoms with Gasteiger partial charge in [-0.15, -0.1) is 0 Å². The molecular weight excluding hydrogens is 300 g/mol. The van der Waals surface area contributed by atoms with Crippen LogP contribution in [0.4, 0.5) is 0 Å². The van der Waals surface area contributed by atoms with Crippen molar-refractivity contribution in [3.63, 3.8) is 0 Å². The van der Waals surface area contributed by atoms with Crippen LogP contribution in [0.3, 0.4) is 0 Å². The highest BCUT2D eigenvalue weighted by atomic mass is 16.2. The Kier molecular flexibility index (Phi) is 6.15. The summed E-state index contributed by atoms with van der Waals surface area (Å²) in [6.07, 6.45) is 2.87. The van der Waals surface area contributed by atoms with E-state index in [9.17, 15) is 4.79 Å². The van der Waals surface area contributed by atoms with Gasteiger partial charge in [-0.1, -0.05) is 37.3 Å². The molecule has 0 aliphatic carbocycles. The van der Waals surface area contributed by atoms with E-state index in [0.717, 1.165) is 30.8 Å². The Morgan fingerprint density at radius 1 is 1.21 bits per heavy atom. The second kappa shape index (κ2) is 8.11. The minimum Gasteiger partial charge on any atom is -0.333 e. The highest BCUT2D eigenvalue weighted by Gasteiger charge is 2.25. The van der Waals surface area contributed by atoms with E-state index in [-0.39, 0.29) is 11.9 Å². The first-order chi connectivity index (χ1) is 11.4. The van der Waals surface area contributed by atoms with E-state index in [1.165, 1.54) is 0 Å². The Bertz CT molecular complexity index is 663. The molecule has 2 aromatic rings. The van der Waals surface area contributed by atoms with Crippen molar-refractivity contribution < 1.29 is 4.79 Å². The molecule has 0 bridgehead atoms. The van der Waals surface area contributed by atoms with E-state index in [4.69, 9.17) is 0 Å². The molecule has 0 fully saturated rings. The van der Waals surface area contributed by atoms with Crippen LogP contribution in [-0.2, 0) is 6.54 Å². The summed E-state index contributed by atoms with van der Waals surface area (Å²) in [6, 6.07) is 10.2. The highest BCUT2D eigenvalue weighted by Crippen LogP contribution is 2.23. The van der Waals surface area contributed by atoms with Crippen molar-refractivity contribution in [2.45, 2.75) is 32.9 Å². The lowest BCUT2D eigenvalue weighted by molar-refractivity contribution is 0.0704. The van der Waals surface area contributed by atoms with Crippen LogP contribution in [0.1, 0.15) is 41.0 Å². The SMILES string of the molecule is CCCn1cc(C(=O)N(C)[C@@H](CN(C)C)c2ccccc2)c(C)n1.